The molecule has 0 aromatic carbocycles. The molecule has 1 unspecified atom stereocenters. The Balaban J connectivity index is 1.80. The third-order valence-electron chi connectivity index (χ3n) is 4.98. The van der Waals surface area contributed by atoms with Crippen LogP contribution in [0.4, 0.5) is 0 Å². The van der Waals surface area contributed by atoms with Gasteiger partial charge < -0.3 is 19.5 Å². The number of hydrogen-bond donors (Lipinski definition) is 1. The van der Waals surface area contributed by atoms with Crippen LogP contribution in [0.3, 0.4) is 0 Å². The first-order chi connectivity index (χ1) is 13.0. The molecule has 27 heavy (non-hydrogen) atoms. The SMILES string of the molecule is COC(CCCC[C@@H](OC)C(=O)n1cccc1)C(=O)N1CCC[C@@H]1C(=O)O. The highest BCUT2D eigenvalue weighted by Gasteiger charge is 2.37. The zero-order chi connectivity index (χ0) is 19.8. The van der Waals surface area contributed by atoms with Crippen LogP contribution in [0.1, 0.15) is 43.3 Å². The molecule has 0 aliphatic carbocycles. The van der Waals surface area contributed by atoms with Gasteiger partial charge in [0.1, 0.15) is 18.2 Å². The van der Waals surface area contributed by atoms with Crippen LogP contribution in [0.2, 0.25) is 0 Å². The molecule has 8 heteroatoms. The van der Waals surface area contributed by atoms with Crippen molar-refractivity contribution in [3.05, 3.63) is 24.5 Å². The summed E-state index contributed by atoms with van der Waals surface area (Å²) >= 11 is 0. The summed E-state index contributed by atoms with van der Waals surface area (Å²) in [5, 5.41) is 9.24. The largest absolute Gasteiger partial charge is 0.480 e. The highest BCUT2D eigenvalue weighted by Crippen LogP contribution is 2.21. The number of likely N-dealkylation sites (tertiary alicyclic amines) is 1. The third-order valence-corrected chi connectivity index (χ3v) is 4.98. The van der Waals surface area contributed by atoms with E-state index in [2.05, 4.69) is 0 Å². The second-order valence-electron chi connectivity index (χ2n) is 6.69. The Morgan fingerprint density at radius 1 is 1.04 bits per heavy atom. The molecule has 1 amide bonds. The minimum absolute atomic E-state index is 0.122. The van der Waals surface area contributed by atoms with Crippen molar-refractivity contribution in [2.24, 2.45) is 0 Å². The molecule has 150 valence electrons. The molecule has 1 fully saturated rings. The molecule has 0 spiro atoms. The van der Waals surface area contributed by atoms with E-state index in [0.29, 0.717) is 45.1 Å². The van der Waals surface area contributed by atoms with Crippen molar-refractivity contribution < 1.29 is 29.0 Å². The number of ether oxygens (including phenoxy) is 2. The summed E-state index contributed by atoms with van der Waals surface area (Å²) in [6, 6.07) is 2.80. The van der Waals surface area contributed by atoms with E-state index >= 15 is 0 Å². The fourth-order valence-electron chi connectivity index (χ4n) is 3.46. The van der Waals surface area contributed by atoms with Crippen molar-refractivity contribution in [1.82, 2.24) is 9.47 Å². The van der Waals surface area contributed by atoms with Crippen LogP contribution in [0.15, 0.2) is 24.5 Å². The molecule has 1 N–H and O–H groups in total. The summed E-state index contributed by atoms with van der Waals surface area (Å²) in [6.45, 7) is 0.451. The second kappa shape index (κ2) is 10.2. The summed E-state index contributed by atoms with van der Waals surface area (Å²) < 4.78 is 12.1. The zero-order valence-electron chi connectivity index (χ0n) is 15.9. The zero-order valence-corrected chi connectivity index (χ0v) is 15.9. The van der Waals surface area contributed by atoms with Gasteiger partial charge in [-0.15, -0.1) is 0 Å². The maximum absolute atomic E-state index is 12.6. The lowest BCUT2D eigenvalue weighted by atomic mass is 10.1. The molecule has 1 aliphatic rings. The number of carbonyl (C=O) groups excluding carboxylic acids is 2. The van der Waals surface area contributed by atoms with E-state index < -0.39 is 24.2 Å². The second-order valence-corrected chi connectivity index (χ2v) is 6.69. The van der Waals surface area contributed by atoms with Crippen molar-refractivity contribution in [3.63, 3.8) is 0 Å². The number of hydrogen-bond acceptors (Lipinski definition) is 5. The van der Waals surface area contributed by atoms with Gasteiger partial charge in [-0.1, -0.05) is 12.8 Å². The maximum Gasteiger partial charge on any atom is 0.326 e. The molecule has 8 nitrogen and oxygen atoms in total. The van der Waals surface area contributed by atoms with E-state index in [-0.39, 0.29) is 11.8 Å². The summed E-state index contributed by atoms with van der Waals surface area (Å²) in [5.74, 6) is -1.36. The Hall–Kier alpha value is -2.19. The first-order valence-corrected chi connectivity index (χ1v) is 9.25. The number of carboxylic acid groups (broad SMARTS) is 1. The fraction of sp³-hybridized carbons (Fsp3) is 0.632. The number of carboxylic acids is 1. The molecule has 1 saturated heterocycles. The van der Waals surface area contributed by atoms with Crippen LogP contribution in [0, 0.1) is 0 Å². The predicted molar refractivity (Wildman–Crippen MR) is 97.5 cm³/mol. The molecule has 0 saturated carbocycles. The normalized spacial score (nSPS) is 19.0. The lowest BCUT2D eigenvalue weighted by Crippen LogP contribution is -2.46. The number of aromatic nitrogens is 1. The van der Waals surface area contributed by atoms with E-state index in [1.807, 2.05) is 0 Å². The maximum atomic E-state index is 12.6. The van der Waals surface area contributed by atoms with Gasteiger partial charge in [-0.05, 0) is 37.8 Å². The smallest absolute Gasteiger partial charge is 0.326 e. The molecular weight excluding hydrogens is 352 g/mol. The first kappa shape index (κ1) is 21.1. The van der Waals surface area contributed by atoms with Crippen LogP contribution >= 0.6 is 0 Å². The highest BCUT2D eigenvalue weighted by molar-refractivity contribution is 5.87. The standard InChI is InChI=1S/C19H28N2O6/c1-26-15(17(22)20-11-5-6-12-20)9-3-4-10-16(27-2)18(23)21-13-7-8-14(21)19(24)25/h5-6,11-12,14-16H,3-4,7-10,13H2,1-2H3,(H,24,25)/t14-,15-,16?/m1/s1. The van der Waals surface area contributed by atoms with Crippen LogP contribution in [0.5, 0.6) is 0 Å². The van der Waals surface area contributed by atoms with E-state index in [1.165, 1.54) is 23.7 Å². The van der Waals surface area contributed by atoms with Crippen molar-refractivity contribution >= 4 is 17.8 Å². The Labute approximate surface area is 159 Å². The van der Waals surface area contributed by atoms with Crippen LogP contribution in [-0.4, -0.2) is 71.4 Å². The van der Waals surface area contributed by atoms with Gasteiger partial charge in [0.25, 0.3) is 11.8 Å². The molecule has 2 rings (SSSR count). The van der Waals surface area contributed by atoms with Gasteiger partial charge in [-0.3, -0.25) is 14.2 Å². The van der Waals surface area contributed by atoms with Crippen molar-refractivity contribution in [1.29, 1.82) is 0 Å². The molecule has 1 aliphatic heterocycles. The molecule has 1 aromatic rings. The lowest BCUT2D eigenvalue weighted by molar-refractivity contribution is -0.153. The van der Waals surface area contributed by atoms with Gasteiger partial charge in [0.2, 0.25) is 0 Å². The monoisotopic (exact) mass is 380 g/mol. The number of amides is 1. The summed E-state index contributed by atoms with van der Waals surface area (Å²) in [6.07, 6.45) is 5.73. The van der Waals surface area contributed by atoms with E-state index in [0.717, 1.165) is 0 Å². The number of aliphatic carboxylic acids is 1. The van der Waals surface area contributed by atoms with E-state index in [9.17, 15) is 19.5 Å². The Bertz CT molecular complexity index is 630. The highest BCUT2D eigenvalue weighted by atomic mass is 16.5. The molecule has 3 atom stereocenters. The molecule has 1 aromatic heterocycles. The van der Waals surface area contributed by atoms with Gasteiger partial charge in [-0.25, -0.2) is 4.79 Å². The average Bonchev–Trinajstić information content (AvgIpc) is 3.35. The summed E-state index contributed by atoms with van der Waals surface area (Å²) in [4.78, 5) is 37.6. The lowest BCUT2D eigenvalue weighted by Gasteiger charge is -2.26. The van der Waals surface area contributed by atoms with Crippen molar-refractivity contribution in [2.45, 2.75) is 56.8 Å². The topological polar surface area (TPSA) is 98.1 Å². The number of methoxy groups -OCH3 is 2. The fourth-order valence-corrected chi connectivity index (χ4v) is 3.46. The van der Waals surface area contributed by atoms with Crippen LogP contribution in [0.25, 0.3) is 0 Å². The van der Waals surface area contributed by atoms with Gasteiger partial charge in [0.15, 0.2) is 0 Å². The van der Waals surface area contributed by atoms with Crippen LogP contribution in [-0.2, 0) is 19.1 Å². The molecular formula is C19H28N2O6. The Kier molecular flexibility index (Phi) is 7.99. The van der Waals surface area contributed by atoms with Gasteiger partial charge in [0.05, 0.1) is 0 Å². The number of unbranched alkanes of at least 4 members (excludes halogenated alkanes) is 1. The van der Waals surface area contributed by atoms with Gasteiger partial charge in [0, 0.05) is 33.2 Å². The number of carbonyl (C=O) groups is 3. The van der Waals surface area contributed by atoms with Crippen LogP contribution < -0.4 is 0 Å². The summed E-state index contributed by atoms with van der Waals surface area (Å²) in [5.41, 5.74) is 0. The first-order valence-electron chi connectivity index (χ1n) is 9.25. The van der Waals surface area contributed by atoms with Gasteiger partial charge in [-0.2, -0.15) is 0 Å². The molecule has 2 heterocycles. The molecule has 0 bridgehead atoms. The summed E-state index contributed by atoms with van der Waals surface area (Å²) in [7, 11) is 2.97. The van der Waals surface area contributed by atoms with Gasteiger partial charge >= 0.3 is 5.97 Å². The number of rotatable bonds is 10. The van der Waals surface area contributed by atoms with E-state index in [4.69, 9.17) is 9.47 Å². The molecule has 0 radical (unpaired) electrons. The Morgan fingerprint density at radius 2 is 1.59 bits per heavy atom. The Morgan fingerprint density at radius 3 is 2.11 bits per heavy atom. The third kappa shape index (κ3) is 5.40. The quantitative estimate of drug-likeness (QED) is 0.622. The van der Waals surface area contributed by atoms with Crippen molar-refractivity contribution in [3.8, 4) is 0 Å². The number of nitrogens with zero attached hydrogens (tertiary/aromatic N) is 2. The average molecular weight is 380 g/mol. The predicted octanol–water partition coefficient (Wildman–Crippen LogP) is 1.79. The minimum Gasteiger partial charge on any atom is -0.480 e. The van der Waals surface area contributed by atoms with E-state index in [1.54, 1.807) is 24.5 Å². The van der Waals surface area contributed by atoms with Crippen molar-refractivity contribution in [2.75, 3.05) is 20.8 Å². The minimum atomic E-state index is -0.970.